The Kier molecular flexibility index (Phi) is 5.81. The summed E-state index contributed by atoms with van der Waals surface area (Å²) in [7, 11) is 0. The largest absolute Gasteiger partial charge is 0.460 e. The van der Waals surface area contributed by atoms with Gasteiger partial charge in [-0.3, -0.25) is 0 Å². The Balaban J connectivity index is 2.21. The van der Waals surface area contributed by atoms with Crippen molar-refractivity contribution in [1.29, 1.82) is 0 Å². The Morgan fingerprint density at radius 3 is 1.72 bits per heavy atom. The number of aromatic nitrogens is 2. The fourth-order valence-electron chi connectivity index (χ4n) is 4.08. The van der Waals surface area contributed by atoms with Crippen molar-refractivity contribution in [2.75, 3.05) is 6.61 Å². The van der Waals surface area contributed by atoms with E-state index >= 15 is 0 Å². The maximum Gasteiger partial charge on any atom is 0.436 e. The summed E-state index contributed by atoms with van der Waals surface area (Å²) in [6, 6.07) is 28.1. The summed E-state index contributed by atoms with van der Waals surface area (Å²) < 4.78 is 6.62. The first-order valence-corrected chi connectivity index (χ1v) is 10.2. The average molecular weight is 427 g/mol. The second-order valence-electron chi connectivity index (χ2n) is 7.06. The van der Waals surface area contributed by atoms with Crippen LogP contribution >= 0.6 is 0 Å². The summed E-state index contributed by atoms with van der Waals surface area (Å²) in [6.45, 7) is 1.82. The first kappa shape index (κ1) is 21.0. The highest BCUT2D eigenvalue weighted by atomic mass is 16.6. The predicted octanol–water partition coefficient (Wildman–Crippen LogP) is 4.81. The molecule has 160 valence electrons. The molecule has 32 heavy (non-hydrogen) atoms. The molecule has 3 aromatic carbocycles. The van der Waals surface area contributed by atoms with Crippen LogP contribution in [0.15, 0.2) is 97.2 Å². The summed E-state index contributed by atoms with van der Waals surface area (Å²) in [5.41, 5.74) is 0.970. The van der Waals surface area contributed by atoms with Crippen LogP contribution < -0.4 is 0 Å². The van der Waals surface area contributed by atoms with Gasteiger partial charge in [-0.25, -0.2) is 4.79 Å². The summed E-state index contributed by atoms with van der Waals surface area (Å²) >= 11 is 0. The van der Waals surface area contributed by atoms with Crippen LogP contribution in [0.4, 0.5) is 5.95 Å². The molecular weight excluding hydrogens is 406 g/mol. The average Bonchev–Trinajstić information content (AvgIpc) is 3.28. The fourth-order valence-corrected chi connectivity index (χ4v) is 4.08. The smallest absolute Gasteiger partial charge is 0.436 e. The molecule has 0 saturated carbocycles. The fraction of sp³-hybridized carbons (Fsp3) is 0.120. The number of carbonyl (C=O) groups is 1. The molecule has 0 radical (unpaired) electrons. The lowest BCUT2D eigenvalue weighted by atomic mass is 9.76. The van der Waals surface area contributed by atoms with Gasteiger partial charge >= 0.3 is 11.9 Å². The number of hydrogen-bond donors (Lipinski definition) is 0. The highest BCUT2D eigenvalue weighted by molar-refractivity contribution is 5.88. The molecule has 1 aromatic heterocycles. The molecule has 1 heterocycles. The van der Waals surface area contributed by atoms with E-state index < -0.39 is 22.4 Å². The zero-order valence-electron chi connectivity index (χ0n) is 17.4. The van der Waals surface area contributed by atoms with Crippen LogP contribution in [0.1, 0.15) is 34.1 Å². The van der Waals surface area contributed by atoms with Gasteiger partial charge in [0, 0.05) is 16.7 Å². The highest BCUT2D eigenvalue weighted by Crippen LogP contribution is 2.44. The van der Waals surface area contributed by atoms with Gasteiger partial charge in [-0.05, 0) is 11.8 Å². The number of ether oxygens (including phenoxy) is 1. The van der Waals surface area contributed by atoms with Crippen LogP contribution in [-0.2, 0) is 10.3 Å². The minimum atomic E-state index is -1.25. The van der Waals surface area contributed by atoms with E-state index in [2.05, 4.69) is 4.98 Å². The summed E-state index contributed by atoms with van der Waals surface area (Å²) in [5, 5.41) is 12.1. The lowest BCUT2D eigenvalue weighted by Crippen LogP contribution is -2.40. The van der Waals surface area contributed by atoms with E-state index in [1.54, 1.807) is 6.92 Å². The molecule has 0 amide bonds. The topological polar surface area (TPSA) is 87.3 Å². The Labute approximate surface area is 185 Å². The predicted molar refractivity (Wildman–Crippen MR) is 119 cm³/mol. The summed E-state index contributed by atoms with van der Waals surface area (Å²) in [6.07, 6.45) is 1.21. The third kappa shape index (κ3) is 3.43. The molecule has 0 unspecified atom stereocenters. The molecule has 0 spiro atoms. The van der Waals surface area contributed by atoms with Gasteiger partial charge in [-0.2, -0.15) is 4.57 Å². The van der Waals surface area contributed by atoms with Crippen molar-refractivity contribution >= 4 is 11.9 Å². The molecule has 4 rings (SSSR count). The Morgan fingerprint density at radius 2 is 1.34 bits per heavy atom. The number of hydrogen-bond acceptors (Lipinski definition) is 5. The van der Waals surface area contributed by atoms with E-state index in [0.717, 1.165) is 16.7 Å². The number of imidazole rings is 1. The van der Waals surface area contributed by atoms with Gasteiger partial charge in [0.2, 0.25) is 5.69 Å². The normalized spacial score (nSPS) is 11.2. The van der Waals surface area contributed by atoms with Crippen molar-refractivity contribution in [3.63, 3.8) is 0 Å². The van der Waals surface area contributed by atoms with Gasteiger partial charge < -0.3 is 14.9 Å². The maximum absolute atomic E-state index is 12.9. The van der Waals surface area contributed by atoms with Crippen molar-refractivity contribution in [1.82, 2.24) is 9.55 Å². The number of nitrogens with zero attached hydrogens (tertiary/aromatic N) is 3. The van der Waals surface area contributed by atoms with Gasteiger partial charge in [0.25, 0.3) is 0 Å². The lowest BCUT2D eigenvalue weighted by molar-refractivity contribution is -0.397. The summed E-state index contributed by atoms with van der Waals surface area (Å²) in [5.74, 6) is -1.13. The molecule has 0 atom stereocenters. The van der Waals surface area contributed by atoms with Crippen molar-refractivity contribution < 1.29 is 14.5 Å². The van der Waals surface area contributed by atoms with Crippen LogP contribution in [0.3, 0.4) is 0 Å². The number of carbonyl (C=O) groups excluding carboxylic acids is 1. The summed E-state index contributed by atoms with van der Waals surface area (Å²) in [4.78, 5) is 28.5. The van der Waals surface area contributed by atoms with Crippen LogP contribution in [0.5, 0.6) is 0 Å². The van der Waals surface area contributed by atoms with E-state index in [4.69, 9.17) is 4.74 Å². The minimum absolute atomic E-state index is 0.00453. The van der Waals surface area contributed by atoms with Gasteiger partial charge in [0.15, 0.2) is 11.7 Å². The van der Waals surface area contributed by atoms with Gasteiger partial charge in [0.05, 0.1) is 6.61 Å². The second-order valence-corrected chi connectivity index (χ2v) is 7.06. The number of rotatable bonds is 7. The van der Waals surface area contributed by atoms with Crippen LogP contribution in [0.2, 0.25) is 0 Å². The standard InChI is InChI=1S/C25H21N3O4/c1-2-32-23(29)22-18-26-24(28(30)31)27(22)25(19-12-6-3-7-13-19,20-14-8-4-9-15-20)21-16-10-5-11-17-21/h3-18H,2H2,1H3. The Morgan fingerprint density at radius 1 is 0.906 bits per heavy atom. The van der Waals surface area contributed by atoms with E-state index in [-0.39, 0.29) is 12.3 Å². The monoisotopic (exact) mass is 427 g/mol. The molecule has 0 bridgehead atoms. The lowest BCUT2D eigenvalue weighted by Gasteiger charge is -2.35. The van der Waals surface area contributed by atoms with E-state index in [0.29, 0.717) is 0 Å². The Hall–Kier alpha value is -4.26. The van der Waals surface area contributed by atoms with Gasteiger partial charge in [-0.1, -0.05) is 96.0 Å². The van der Waals surface area contributed by atoms with Crippen molar-refractivity contribution in [3.05, 3.63) is 130 Å². The van der Waals surface area contributed by atoms with Crippen molar-refractivity contribution in [2.24, 2.45) is 0 Å². The highest BCUT2D eigenvalue weighted by Gasteiger charge is 2.48. The molecule has 0 saturated heterocycles. The molecule has 0 N–H and O–H groups in total. The van der Waals surface area contributed by atoms with Crippen LogP contribution in [-0.4, -0.2) is 27.1 Å². The van der Waals surface area contributed by atoms with E-state index in [1.165, 1.54) is 10.8 Å². The minimum Gasteiger partial charge on any atom is -0.460 e. The van der Waals surface area contributed by atoms with Gasteiger partial charge in [-0.15, -0.1) is 0 Å². The van der Waals surface area contributed by atoms with E-state index in [9.17, 15) is 14.9 Å². The van der Waals surface area contributed by atoms with Gasteiger partial charge in [0.1, 0.15) is 0 Å². The molecule has 0 aliphatic carbocycles. The van der Waals surface area contributed by atoms with Crippen LogP contribution in [0.25, 0.3) is 0 Å². The third-order valence-corrected chi connectivity index (χ3v) is 5.30. The molecule has 0 fully saturated rings. The maximum atomic E-state index is 12.9. The van der Waals surface area contributed by atoms with Crippen molar-refractivity contribution in [2.45, 2.75) is 12.5 Å². The zero-order valence-corrected chi connectivity index (χ0v) is 17.4. The molecular formula is C25H21N3O4. The number of esters is 1. The molecule has 4 aromatic rings. The first-order valence-electron chi connectivity index (χ1n) is 10.2. The molecule has 0 aliphatic rings. The van der Waals surface area contributed by atoms with Crippen molar-refractivity contribution in [3.8, 4) is 0 Å². The molecule has 7 heteroatoms. The molecule has 0 aliphatic heterocycles. The first-order chi connectivity index (χ1) is 15.6. The van der Waals surface area contributed by atoms with E-state index in [1.807, 2.05) is 91.0 Å². The quantitative estimate of drug-likeness (QED) is 0.183. The third-order valence-electron chi connectivity index (χ3n) is 5.30. The number of benzene rings is 3. The second kappa shape index (κ2) is 8.85. The zero-order chi connectivity index (χ0) is 22.6. The number of nitro groups is 1. The Bertz CT molecular complexity index is 1130. The SMILES string of the molecule is CCOC(=O)c1cnc([N+](=O)[O-])n1C(c1ccccc1)(c1ccccc1)c1ccccc1. The molecule has 7 nitrogen and oxygen atoms in total. The van der Waals surface area contributed by atoms with Crippen LogP contribution in [0, 0.1) is 10.1 Å².